The molecule has 34 heavy (non-hydrogen) atoms. The molecule has 1 heterocycles. The second kappa shape index (κ2) is 8.87. The standard InChI is InChI=1S/C29H22FNO3/c1-18(13-29(32)31-23-11-9-22(30)10-12-23)24-15-25-26(17-34-28(25)16-27(24)33-2)21-8-7-19-5-3-4-6-20(19)14-21/h3-17H,1-2H3,(H,31,32)/b18-13+. The van der Waals surface area contributed by atoms with E-state index in [0.717, 1.165) is 33.0 Å². The zero-order chi connectivity index (χ0) is 23.7. The summed E-state index contributed by atoms with van der Waals surface area (Å²) in [4.78, 5) is 12.6. The number of methoxy groups -OCH3 is 1. The van der Waals surface area contributed by atoms with Crippen LogP contribution in [0.15, 0.2) is 95.6 Å². The summed E-state index contributed by atoms with van der Waals surface area (Å²) in [6.45, 7) is 1.85. The Morgan fingerprint density at radius 1 is 0.971 bits per heavy atom. The van der Waals surface area contributed by atoms with Crippen molar-refractivity contribution in [1.29, 1.82) is 0 Å². The summed E-state index contributed by atoms with van der Waals surface area (Å²) in [7, 11) is 1.59. The summed E-state index contributed by atoms with van der Waals surface area (Å²) in [6.07, 6.45) is 3.25. The van der Waals surface area contributed by atoms with Crippen molar-refractivity contribution in [3.8, 4) is 16.9 Å². The Morgan fingerprint density at radius 2 is 1.74 bits per heavy atom. The third-order valence-electron chi connectivity index (χ3n) is 5.84. The van der Waals surface area contributed by atoms with Gasteiger partial charge in [0.2, 0.25) is 5.91 Å². The number of rotatable bonds is 5. The number of hydrogen-bond acceptors (Lipinski definition) is 3. The molecule has 0 radical (unpaired) electrons. The smallest absolute Gasteiger partial charge is 0.248 e. The average Bonchev–Trinajstić information content (AvgIpc) is 3.27. The van der Waals surface area contributed by atoms with Gasteiger partial charge in [-0.3, -0.25) is 4.79 Å². The normalized spacial score (nSPS) is 11.7. The third kappa shape index (κ3) is 4.16. The molecule has 0 atom stereocenters. The van der Waals surface area contributed by atoms with Crippen LogP contribution in [-0.4, -0.2) is 13.0 Å². The van der Waals surface area contributed by atoms with Crippen LogP contribution in [0.4, 0.5) is 10.1 Å². The lowest BCUT2D eigenvalue weighted by Gasteiger charge is -2.10. The van der Waals surface area contributed by atoms with E-state index in [1.54, 1.807) is 13.4 Å². The van der Waals surface area contributed by atoms with Gasteiger partial charge in [-0.2, -0.15) is 0 Å². The molecule has 0 aliphatic carbocycles. The van der Waals surface area contributed by atoms with Crippen molar-refractivity contribution in [2.45, 2.75) is 6.92 Å². The average molecular weight is 451 g/mol. The number of amides is 1. The topological polar surface area (TPSA) is 51.5 Å². The van der Waals surface area contributed by atoms with Crippen molar-refractivity contribution in [3.63, 3.8) is 0 Å². The Balaban J connectivity index is 1.53. The van der Waals surface area contributed by atoms with Crippen LogP contribution in [0.25, 0.3) is 38.4 Å². The van der Waals surface area contributed by atoms with E-state index in [2.05, 4.69) is 35.6 Å². The highest BCUT2D eigenvalue weighted by Gasteiger charge is 2.15. The number of anilines is 1. The molecule has 168 valence electrons. The van der Waals surface area contributed by atoms with E-state index in [1.807, 2.05) is 31.2 Å². The number of hydrogen-bond donors (Lipinski definition) is 1. The summed E-state index contributed by atoms with van der Waals surface area (Å²) in [5.74, 6) is -0.0615. The molecule has 0 bridgehead atoms. The fraction of sp³-hybridized carbons (Fsp3) is 0.0690. The minimum atomic E-state index is -0.356. The van der Waals surface area contributed by atoms with Gasteiger partial charge >= 0.3 is 0 Å². The number of nitrogens with one attached hydrogen (secondary N) is 1. The van der Waals surface area contributed by atoms with Gasteiger partial charge in [0, 0.05) is 34.3 Å². The van der Waals surface area contributed by atoms with Crippen molar-refractivity contribution < 1.29 is 18.3 Å². The van der Waals surface area contributed by atoms with Crippen LogP contribution in [0.3, 0.4) is 0 Å². The van der Waals surface area contributed by atoms with Crippen molar-refractivity contribution >= 4 is 38.9 Å². The van der Waals surface area contributed by atoms with Gasteiger partial charge in [-0.1, -0.05) is 36.4 Å². The minimum Gasteiger partial charge on any atom is -0.496 e. The van der Waals surface area contributed by atoms with E-state index in [-0.39, 0.29) is 11.7 Å². The molecule has 1 amide bonds. The Bertz CT molecular complexity index is 1550. The van der Waals surface area contributed by atoms with E-state index in [0.29, 0.717) is 17.0 Å². The molecule has 4 aromatic carbocycles. The van der Waals surface area contributed by atoms with Gasteiger partial charge in [0.15, 0.2) is 0 Å². The van der Waals surface area contributed by atoms with Crippen molar-refractivity contribution in [3.05, 3.63) is 103 Å². The van der Waals surface area contributed by atoms with Gasteiger partial charge in [-0.15, -0.1) is 0 Å². The summed E-state index contributed by atoms with van der Waals surface area (Å²) in [5.41, 5.74) is 4.74. The highest BCUT2D eigenvalue weighted by Crippen LogP contribution is 2.38. The molecule has 0 saturated heterocycles. The number of carbonyl (C=O) groups is 1. The van der Waals surface area contributed by atoms with Crippen LogP contribution in [0.1, 0.15) is 12.5 Å². The minimum absolute atomic E-state index is 0.312. The highest BCUT2D eigenvalue weighted by atomic mass is 19.1. The fourth-order valence-electron chi connectivity index (χ4n) is 4.10. The first-order valence-electron chi connectivity index (χ1n) is 10.9. The van der Waals surface area contributed by atoms with E-state index in [1.165, 1.54) is 35.7 Å². The highest BCUT2D eigenvalue weighted by molar-refractivity contribution is 6.05. The Morgan fingerprint density at radius 3 is 2.50 bits per heavy atom. The second-order valence-corrected chi connectivity index (χ2v) is 8.08. The maximum Gasteiger partial charge on any atom is 0.248 e. The van der Waals surface area contributed by atoms with E-state index >= 15 is 0 Å². The number of halogens is 1. The van der Waals surface area contributed by atoms with E-state index in [9.17, 15) is 9.18 Å². The molecule has 1 N–H and O–H groups in total. The number of furan rings is 1. The Kier molecular flexibility index (Phi) is 5.60. The van der Waals surface area contributed by atoms with Crippen molar-refractivity contribution in [2.75, 3.05) is 12.4 Å². The van der Waals surface area contributed by atoms with E-state index in [4.69, 9.17) is 9.15 Å². The summed E-state index contributed by atoms with van der Waals surface area (Å²) < 4.78 is 24.6. The van der Waals surface area contributed by atoms with Crippen LogP contribution >= 0.6 is 0 Å². The Labute approximate surface area is 196 Å². The lowest BCUT2D eigenvalue weighted by Crippen LogP contribution is -2.08. The SMILES string of the molecule is COc1cc2occ(-c3ccc4ccccc4c3)c2cc1/C(C)=C/C(=O)Nc1ccc(F)cc1. The Hall–Kier alpha value is -4.38. The number of carbonyl (C=O) groups excluding carboxylic acids is 1. The van der Waals surface area contributed by atoms with E-state index < -0.39 is 0 Å². The zero-order valence-electron chi connectivity index (χ0n) is 18.8. The molecular weight excluding hydrogens is 429 g/mol. The van der Waals surface area contributed by atoms with Gasteiger partial charge in [-0.05, 0) is 65.2 Å². The lowest BCUT2D eigenvalue weighted by molar-refractivity contribution is -0.111. The van der Waals surface area contributed by atoms with Crippen molar-refractivity contribution in [2.24, 2.45) is 0 Å². The van der Waals surface area contributed by atoms with Crippen LogP contribution in [-0.2, 0) is 4.79 Å². The van der Waals surface area contributed by atoms with Gasteiger partial charge in [0.05, 0.1) is 13.4 Å². The van der Waals surface area contributed by atoms with Crippen LogP contribution in [0.2, 0.25) is 0 Å². The quantitative estimate of drug-likeness (QED) is 0.283. The molecule has 0 fully saturated rings. The fourth-order valence-corrected chi connectivity index (χ4v) is 4.10. The number of ether oxygens (including phenoxy) is 1. The predicted octanol–water partition coefficient (Wildman–Crippen LogP) is 7.44. The second-order valence-electron chi connectivity index (χ2n) is 8.08. The molecule has 0 spiro atoms. The van der Waals surface area contributed by atoms with Gasteiger partial charge < -0.3 is 14.5 Å². The molecule has 4 nitrogen and oxygen atoms in total. The molecule has 0 aliphatic rings. The number of allylic oxidation sites excluding steroid dienone is 1. The van der Waals surface area contributed by atoms with Crippen LogP contribution < -0.4 is 10.1 Å². The molecule has 5 aromatic rings. The molecule has 0 unspecified atom stereocenters. The summed E-state index contributed by atoms with van der Waals surface area (Å²) >= 11 is 0. The summed E-state index contributed by atoms with van der Waals surface area (Å²) in [6, 6.07) is 24.0. The summed E-state index contributed by atoms with van der Waals surface area (Å²) in [5, 5.41) is 6.00. The largest absolute Gasteiger partial charge is 0.496 e. The molecule has 0 aliphatic heterocycles. The van der Waals surface area contributed by atoms with Gasteiger partial charge in [0.1, 0.15) is 17.1 Å². The molecule has 5 heteroatoms. The van der Waals surface area contributed by atoms with Gasteiger partial charge in [-0.25, -0.2) is 4.39 Å². The zero-order valence-corrected chi connectivity index (χ0v) is 18.8. The maximum absolute atomic E-state index is 13.1. The molecular formula is C29H22FNO3. The lowest BCUT2D eigenvalue weighted by atomic mass is 9.97. The third-order valence-corrected chi connectivity index (χ3v) is 5.84. The van der Waals surface area contributed by atoms with Crippen molar-refractivity contribution in [1.82, 2.24) is 0 Å². The van der Waals surface area contributed by atoms with Crippen LogP contribution in [0.5, 0.6) is 5.75 Å². The first kappa shape index (κ1) is 21.5. The molecule has 0 saturated carbocycles. The first-order valence-corrected chi connectivity index (χ1v) is 10.9. The molecule has 5 rings (SSSR count). The first-order chi connectivity index (χ1) is 16.5. The number of benzene rings is 4. The van der Waals surface area contributed by atoms with Crippen LogP contribution in [0, 0.1) is 5.82 Å². The monoisotopic (exact) mass is 451 g/mol. The molecule has 1 aromatic heterocycles. The maximum atomic E-state index is 13.1. The predicted molar refractivity (Wildman–Crippen MR) is 134 cm³/mol. The van der Waals surface area contributed by atoms with Gasteiger partial charge in [0.25, 0.3) is 0 Å². The number of fused-ring (bicyclic) bond motifs is 2.